The van der Waals surface area contributed by atoms with E-state index in [1.165, 1.54) is 0 Å². The molecule has 16 heavy (non-hydrogen) atoms. The largest absolute Gasteiger partial charge is 0.361 e. The smallest absolute Gasteiger partial charge is 0.293 e. The first-order valence-electron chi connectivity index (χ1n) is 5.89. The van der Waals surface area contributed by atoms with Gasteiger partial charge < -0.3 is 9.88 Å². The maximum atomic E-state index is 12.1. The number of rotatable bonds is 4. The second-order valence-corrected chi connectivity index (χ2v) is 5.08. The van der Waals surface area contributed by atoms with Crippen LogP contribution in [-0.4, -0.2) is 15.1 Å². The molecule has 0 aromatic carbocycles. The van der Waals surface area contributed by atoms with Crippen LogP contribution in [0.5, 0.6) is 0 Å². The highest BCUT2D eigenvalue weighted by molar-refractivity contribution is 5.34. The van der Waals surface area contributed by atoms with Gasteiger partial charge in [0.1, 0.15) is 0 Å². The quantitative estimate of drug-likeness (QED) is 0.847. The molecule has 0 radical (unpaired) electrons. The van der Waals surface area contributed by atoms with Gasteiger partial charge in [0.25, 0.3) is 5.56 Å². The molecular formula is C12H19N3O. The van der Waals surface area contributed by atoms with Gasteiger partial charge in [-0.1, -0.05) is 6.92 Å². The summed E-state index contributed by atoms with van der Waals surface area (Å²) in [7, 11) is 0. The zero-order valence-corrected chi connectivity index (χ0v) is 10.2. The van der Waals surface area contributed by atoms with Gasteiger partial charge in [0, 0.05) is 24.0 Å². The minimum absolute atomic E-state index is 0.00604. The minimum Gasteiger partial charge on any atom is -0.361 e. The Balaban J connectivity index is 2.28. The lowest BCUT2D eigenvalue weighted by Crippen LogP contribution is -2.35. The highest BCUT2D eigenvalue weighted by Crippen LogP contribution is 2.33. The third kappa shape index (κ3) is 2.26. The Hall–Kier alpha value is -1.32. The van der Waals surface area contributed by atoms with Gasteiger partial charge in [0.05, 0.1) is 0 Å². The van der Waals surface area contributed by atoms with Gasteiger partial charge in [-0.2, -0.15) is 0 Å². The summed E-state index contributed by atoms with van der Waals surface area (Å²) in [5.41, 5.74) is -0.0824. The van der Waals surface area contributed by atoms with Crippen molar-refractivity contribution in [1.29, 1.82) is 0 Å². The molecule has 0 atom stereocenters. The Morgan fingerprint density at radius 1 is 1.56 bits per heavy atom. The molecule has 1 aromatic heterocycles. The fourth-order valence-corrected chi connectivity index (χ4v) is 1.56. The van der Waals surface area contributed by atoms with E-state index >= 15 is 0 Å². The Labute approximate surface area is 95.7 Å². The van der Waals surface area contributed by atoms with Gasteiger partial charge in [0.15, 0.2) is 5.82 Å². The number of nitrogens with zero attached hydrogens (tertiary/aromatic N) is 2. The number of aromatic nitrogens is 2. The average Bonchev–Trinajstić information content (AvgIpc) is 3.05. The SMILES string of the molecule is CCC(C)(C)Nc1nccn(C2CC2)c1=O. The van der Waals surface area contributed by atoms with Crippen molar-refractivity contribution in [2.45, 2.75) is 51.6 Å². The highest BCUT2D eigenvalue weighted by Gasteiger charge is 2.26. The Kier molecular flexibility index (Phi) is 2.74. The fourth-order valence-electron chi connectivity index (χ4n) is 1.56. The van der Waals surface area contributed by atoms with E-state index in [1.807, 2.05) is 0 Å². The summed E-state index contributed by atoms with van der Waals surface area (Å²) in [5.74, 6) is 0.473. The van der Waals surface area contributed by atoms with E-state index in [-0.39, 0.29) is 11.1 Å². The van der Waals surface area contributed by atoms with Gasteiger partial charge in [-0.25, -0.2) is 4.98 Å². The van der Waals surface area contributed by atoms with E-state index in [0.29, 0.717) is 11.9 Å². The summed E-state index contributed by atoms with van der Waals surface area (Å²) >= 11 is 0. The topological polar surface area (TPSA) is 46.9 Å². The molecule has 4 heteroatoms. The van der Waals surface area contributed by atoms with Crippen LogP contribution < -0.4 is 10.9 Å². The molecule has 1 saturated carbocycles. The molecule has 1 fully saturated rings. The zero-order valence-electron chi connectivity index (χ0n) is 10.2. The molecule has 1 N–H and O–H groups in total. The van der Waals surface area contributed by atoms with Crippen LogP contribution in [-0.2, 0) is 0 Å². The molecule has 2 rings (SSSR count). The molecule has 0 unspecified atom stereocenters. The Morgan fingerprint density at radius 3 is 2.81 bits per heavy atom. The molecule has 0 bridgehead atoms. The highest BCUT2D eigenvalue weighted by atomic mass is 16.1. The van der Waals surface area contributed by atoms with Gasteiger partial charge in [-0.15, -0.1) is 0 Å². The minimum atomic E-state index is -0.0884. The van der Waals surface area contributed by atoms with Crippen molar-refractivity contribution < 1.29 is 0 Å². The summed E-state index contributed by atoms with van der Waals surface area (Å²) in [6.45, 7) is 6.24. The predicted molar refractivity (Wildman–Crippen MR) is 64.8 cm³/mol. The van der Waals surface area contributed by atoms with E-state index in [0.717, 1.165) is 19.3 Å². The van der Waals surface area contributed by atoms with E-state index in [9.17, 15) is 4.79 Å². The van der Waals surface area contributed by atoms with Crippen molar-refractivity contribution in [2.75, 3.05) is 5.32 Å². The first-order valence-corrected chi connectivity index (χ1v) is 5.89. The van der Waals surface area contributed by atoms with Gasteiger partial charge in [-0.05, 0) is 33.1 Å². The van der Waals surface area contributed by atoms with Gasteiger partial charge in [0.2, 0.25) is 0 Å². The Morgan fingerprint density at radius 2 is 2.25 bits per heavy atom. The molecule has 0 saturated heterocycles. The van der Waals surface area contributed by atoms with E-state index in [1.54, 1.807) is 17.0 Å². The van der Waals surface area contributed by atoms with E-state index in [4.69, 9.17) is 0 Å². The summed E-state index contributed by atoms with van der Waals surface area (Å²) in [6, 6.07) is 0.404. The van der Waals surface area contributed by atoms with Crippen LogP contribution in [0.15, 0.2) is 17.2 Å². The van der Waals surface area contributed by atoms with Crippen molar-refractivity contribution in [1.82, 2.24) is 9.55 Å². The molecule has 1 heterocycles. The van der Waals surface area contributed by atoms with Crippen LogP contribution in [0.25, 0.3) is 0 Å². The molecule has 1 aliphatic rings. The average molecular weight is 221 g/mol. The van der Waals surface area contributed by atoms with Crippen molar-refractivity contribution in [3.63, 3.8) is 0 Å². The fraction of sp³-hybridized carbons (Fsp3) is 0.667. The lowest BCUT2D eigenvalue weighted by Gasteiger charge is -2.24. The van der Waals surface area contributed by atoms with Crippen LogP contribution in [0.3, 0.4) is 0 Å². The lowest BCUT2D eigenvalue weighted by molar-refractivity contribution is 0.541. The zero-order chi connectivity index (χ0) is 11.8. The second-order valence-electron chi connectivity index (χ2n) is 5.08. The van der Waals surface area contributed by atoms with Crippen molar-refractivity contribution in [2.24, 2.45) is 0 Å². The van der Waals surface area contributed by atoms with Crippen LogP contribution in [0, 0.1) is 0 Å². The first kappa shape index (κ1) is 11.2. The third-order valence-electron chi connectivity index (χ3n) is 3.15. The molecule has 0 aliphatic heterocycles. The molecule has 4 nitrogen and oxygen atoms in total. The van der Waals surface area contributed by atoms with Crippen molar-refractivity contribution in [3.8, 4) is 0 Å². The first-order chi connectivity index (χ1) is 7.53. The van der Waals surface area contributed by atoms with Crippen LogP contribution >= 0.6 is 0 Å². The van der Waals surface area contributed by atoms with E-state index < -0.39 is 0 Å². The standard InChI is InChI=1S/C12H19N3O/c1-4-12(2,3)14-10-11(16)15(8-7-13-10)9-5-6-9/h7-9H,4-6H2,1-3H3,(H,13,14). The van der Waals surface area contributed by atoms with E-state index in [2.05, 4.69) is 31.1 Å². The molecule has 0 amide bonds. The number of anilines is 1. The van der Waals surface area contributed by atoms with Gasteiger partial charge >= 0.3 is 0 Å². The lowest BCUT2D eigenvalue weighted by atomic mass is 10.0. The normalized spacial score (nSPS) is 16.2. The summed E-state index contributed by atoms with van der Waals surface area (Å²) in [5, 5.41) is 3.21. The van der Waals surface area contributed by atoms with Crippen molar-refractivity contribution in [3.05, 3.63) is 22.7 Å². The second kappa shape index (κ2) is 3.92. The monoisotopic (exact) mass is 221 g/mol. The number of hydrogen-bond donors (Lipinski definition) is 1. The summed E-state index contributed by atoms with van der Waals surface area (Å²) in [4.78, 5) is 16.2. The summed E-state index contributed by atoms with van der Waals surface area (Å²) < 4.78 is 1.79. The summed E-state index contributed by atoms with van der Waals surface area (Å²) in [6.07, 6.45) is 6.66. The van der Waals surface area contributed by atoms with Crippen LogP contribution in [0.2, 0.25) is 0 Å². The molecular weight excluding hydrogens is 202 g/mol. The predicted octanol–water partition coefficient (Wildman–Crippen LogP) is 2.18. The van der Waals surface area contributed by atoms with Crippen LogP contribution in [0.1, 0.15) is 46.1 Å². The van der Waals surface area contributed by atoms with Gasteiger partial charge in [-0.3, -0.25) is 4.79 Å². The molecule has 0 spiro atoms. The van der Waals surface area contributed by atoms with Crippen molar-refractivity contribution >= 4 is 5.82 Å². The Bertz CT molecular complexity index is 432. The maximum absolute atomic E-state index is 12.1. The molecule has 1 aliphatic carbocycles. The van der Waals surface area contributed by atoms with Crippen LogP contribution in [0.4, 0.5) is 5.82 Å². The molecule has 1 aromatic rings. The number of nitrogens with one attached hydrogen (secondary N) is 1. The number of hydrogen-bond acceptors (Lipinski definition) is 3. The molecule has 88 valence electrons. The third-order valence-corrected chi connectivity index (χ3v) is 3.15. The maximum Gasteiger partial charge on any atom is 0.293 e.